The number of rotatable bonds is 5. The second-order valence-corrected chi connectivity index (χ2v) is 7.28. The molecular weight excluding hydrogens is 284 g/mol. The first-order chi connectivity index (χ1) is 11.0. The molecule has 128 valence electrons. The van der Waals surface area contributed by atoms with Gasteiger partial charge in [0.2, 0.25) is 0 Å². The predicted molar refractivity (Wildman–Crippen MR) is 98.9 cm³/mol. The topological polar surface area (TPSA) is 39.7 Å². The summed E-state index contributed by atoms with van der Waals surface area (Å²) in [7, 11) is 0. The molecule has 0 aliphatic carbocycles. The standard InChI is InChI=1S/C19H32N4/c1-5-20-18(22-19(2,3)4)21-12-8-13-23-14-11-16-9-6-7-10-17(16)15-23/h6-7,9-10H,5,8,11-15H2,1-4H3,(H2,20,21,22). The number of hydrogen-bond acceptors (Lipinski definition) is 2. The second-order valence-electron chi connectivity index (χ2n) is 7.28. The molecule has 1 aromatic rings. The third kappa shape index (κ3) is 6.22. The van der Waals surface area contributed by atoms with Crippen LogP contribution in [0.15, 0.2) is 29.3 Å². The summed E-state index contributed by atoms with van der Waals surface area (Å²) >= 11 is 0. The second kappa shape index (κ2) is 8.34. The van der Waals surface area contributed by atoms with Gasteiger partial charge in [-0.25, -0.2) is 0 Å². The lowest BCUT2D eigenvalue weighted by Gasteiger charge is -2.28. The van der Waals surface area contributed by atoms with Crippen molar-refractivity contribution >= 4 is 5.96 Å². The molecular formula is C19H32N4. The zero-order valence-electron chi connectivity index (χ0n) is 15.2. The van der Waals surface area contributed by atoms with Crippen molar-refractivity contribution in [2.45, 2.75) is 52.6 Å². The Labute approximate surface area is 141 Å². The van der Waals surface area contributed by atoms with Crippen molar-refractivity contribution in [3.8, 4) is 0 Å². The molecule has 2 N–H and O–H groups in total. The van der Waals surface area contributed by atoms with Crippen LogP contribution in [0.1, 0.15) is 45.2 Å². The van der Waals surface area contributed by atoms with Crippen molar-refractivity contribution < 1.29 is 0 Å². The molecule has 0 atom stereocenters. The molecule has 4 heteroatoms. The molecule has 2 rings (SSSR count). The van der Waals surface area contributed by atoms with Gasteiger partial charge in [0, 0.05) is 38.3 Å². The highest BCUT2D eigenvalue weighted by Gasteiger charge is 2.15. The first-order valence-corrected chi connectivity index (χ1v) is 8.83. The predicted octanol–water partition coefficient (Wildman–Crippen LogP) is 2.79. The molecule has 0 amide bonds. The monoisotopic (exact) mass is 316 g/mol. The normalized spacial score (nSPS) is 16.1. The van der Waals surface area contributed by atoms with Crippen LogP contribution in [0, 0.1) is 0 Å². The third-order valence-corrected chi connectivity index (χ3v) is 3.95. The molecule has 1 aromatic carbocycles. The van der Waals surface area contributed by atoms with E-state index in [-0.39, 0.29) is 5.54 Å². The van der Waals surface area contributed by atoms with E-state index < -0.39 is 0 Å². The van der Waals surface area contributed by atoms with E-state index in [2.05, 4.69) is 67.5 Å². The average Bonchev–Trinajstić information content (AvgIpc) is 2.50. The van der Waals surface area contributed by atoms with E-state index in [9.17, 15) is 0 Å². The van der Waals surface area contributed by atoms with Gasteiger partial charge in [0.1, 0.15) is 0 Å². The molecule has 0 saturated heterocycles. The molecule has 1 heterocycles. The van der Waals surface area contributed by atoms with Crippen molar-refractivity contribution in [1.29, 1.82) is 0 Å². The molecule has 0 radical (unpaired) electrons. The summed E-state index contributed by atoms with van der Waals surface area (Å²) < 4.78 is 0. The molecule has 0 spiro atoms. The average molecular weight is 316 g/mol. The van der Waals surface area contributed by atoms with Crippen LogP contribution in [0.4, 0.5) is 0 Å². The quantitative estimate of drug-likeness (QED) is 0.498. The van der Waals surface area contributed by atoms with Crippen molar-refractivity contribution in [3.63, 3.8) is 0 Å². The molecule has 1 aliphatic heterocycles. The number of benzene rings is 1. The number of nitrogens with one attached hydrogen (secondary N) is 2. The zero-order chi connectivity index (χ0) is 16.7. The van der Waals surface area contributed by atoms with Crippen molar-refractivity contribution in [1.82, 2.24) is 15.5 Å². The van der Waals surface area contributed by atoms with E-state index >= 15 is 0 Å². The number of nitrogens with zero attached hydrogens (tertiary/aromatic N) is 2. The molecule has 0 fully saturated rings. The largest absolute Gasteiger partial charge is 0.357 e. The van der Waals surface area contributed by atoms with Crippen LogP contribution < -0.4 is 10.6 Å². The van der Waals surface area contributed by atoms with Gasteiger partial charge in [0.05, 0.1) is 0 Å². The highest BCUT2D eigenvalue weighted by Crippen LogP contribution is 2.18. The van der Waals surface area contributed by atoms with Gasteiger partial charge >= 0.3 is 0 Å². The molecule has 0 bridgehead atoms. The van der Waals surface area contributed by atoms with Crippen LogP contribution in [0.5, 0.6) is 0 Å². The Kier molecular flexibility index (Phi) is 6.46. The van der Waals surface area contributed by atoms with Crippen molar-refractivity contribution in [2.24, 2.45) is 4.99 Å². The van der Waals surface area contributed by atoms with Crippen LogP contribution in [-0.4, -0.2) is 42.6 Å². The van der Waals surface area contributed by atoms with Crippen molar-refractivity contribution in [3.05, 3.63) is 35.4 Å². The van der Waals surface area contributed by atoms with Gasteiger partial charge in [-0.05, 0) is 51.7 Å². The first-order valence-electron chi connectivity index (χ1n) is 8.83. The Bertz CT molecular complexity index is 516. The van der Waals surface area contributed by atoms with Crippen LogP contribution >= 0.6 is 0 Å². The van der Waals surface area contributed by atoms with E-state index in [0.29, 0.717) is 0 Å². The van der Waals surface area contributed by atoms with E-state index in [1.54, 1.807) is 0 Å². The summed E-state index contributed by atoms with van der Waals surface area (Å²) in [5.41, 5.74) is 3.05. The summed E-state index contributed by atoms with van der Waals surface area (Å²) in [4.78, 5) is 7.24. The van der Waals surface area contributed by atoms with Crippen LogP contribution in [0.2, 0.25) is 0 Å². The van der Waals surface area contributed by atoms with E-state index in [1.807, 2.05) is 0 Å². The zero-order valence-corrected chi connectivity index (χ0v) is 15.2. The summed E-state index contributed by atoms with van der Waals surface area (Å²) in [6.07, 6.45) is 2.27. The lowest BCUT2D eigenvalue weighted by atomic mass is 10.00. The van der Waals surface area contributed by atoms with Gasteiger partial charge in [-0.15, -0.1) is 0 Å². The molecule has 0 aromatic heterocycles. The number of fused-ring (bicyclic) bond motifs is 1. The number of hydrogen-bond donors (Lipinski definition) is 2. The lowest BCUT2D eigenvalue weighted by molar-refractivity contribution is 0.252. The van der Waals surface area contributed by atoms with E-state index in [1.165, 1.54) is 24.1 Å². The summed E-state index contributed by atoms with van der Waals surface area (Å²) in [6.45, 7) is 13.7. The molecule has 23 heavy (non-hydrogen) atoms. The van der Waals surface area contributed by atoms with Crippen LogP contribution in [0.3, 0.4) is 0 Å². The summed E-state index contributed by atoms with van der Waals surface area (Å²) in [5, 5.41) is 6.75. The van der Waals surface area contributed by atoms with Gasteiger partial charge < -0.3 is 10.6 Å². The van der Waals surface area contributed by atoms with Gasteiger partial charge in [-0.3, -0.25) is 9.89 Å². The Balaban J connectivity index is 1.77. The molecule has 0 saturated carbocycles. The van der Waals surface area contributed by atoms with E-state index in [4.69, 9.17) is 4.99 Å². The Morgan fingerprint density at radius 2 is 1.96 bits per heavy atom. The maximum atomic E-state index is 4.70. The maximum Gasteiger partial charge on any atom is 0.191 e. The maximum absolute atomic E-state index is 4.70. The number of aliphatic imine (C=N–C) groups is 1. The van der Waals surface area contributed by atoms with Crippen LogP contribution in [-0.2, 0) is 13.0 Å². The fourth-order valence-electron chi connectivity index (χ4n) is 2.89. The molecule has 0 unspecified atom stereocenters. The Morgan fingerprint density at radius 1 is 1.22 bits per heavy atom. The lowest BCUT2D eigenvalue weighted by Crippen LogP contribution is -2.47. The highest BCUT2D eigenvalue weighted by atomic mass is 15.2. The Morgan fingerprint density at radius 3 is 2.65 bits per heavy atom. The summed E-state index contributed by atoms with van der Waals surface area (Å²) in [6, 6.07) is 8.81. The highest BCUT2D eigenvalue weighted by molar-refractivity contribution is 5.80. The first kappa shape index (κ1) is 17.8. The van der Waals surface area contributed by atoms with Gasteiger partial charge in [-0.1, -0.05) is 24.3 Å². The van der Waals surface area contributed by atoms with Gasteiger partial charge in [0.25, 0.3) is 0 Å². The minimum atomic E-state index is 0.0393. The fourth-order valence-corrected chi connectivity index (χ4v) is 2.89. The SMILES string of the molecule is CCNC(=NCCCN1CCc2ccccc2C1)NC(C)(C)C. The minimum absolute atomic E-state index is 0.0393. The van der Waals surface area contributed by atoms with Crippen LogP contribution in [0.25, 0.3) is 0 Å². The van der Waals surface area contributed by atoms with Crippen molar-refractivity contribution in [2.75, 3.05) is 26.2 Å². The minimum Gasteiger partial charge on any atom is -0.357 e. The van der Waals surface area contributed by atoms with Gasteiger partial charge in [-0.2, -0.15) is 0 Å². The third-order valence-electron chi connectivity index (χ3n) is 3.95. The smallest absolute Gasteiger partial charge is 0.191 e. The van der Waals surface area contributed by atoms with E-state index in [0.717, 1.165) is 38.6 Å². The molecule has 4 nitrogen and oxygen atoms in total. The van der Waals surface area contributed by atoms with Gasteiger partial charge in [0.15, 0.2) is 5.96 Å². The fraction of sp³-hybridized carbons (Fsp3) is 0.632. The Hall–Kier alpha value is -1.55. The number of guanidine groups is 1. The molecule has 1 aliphatic rings. The summed E-state index contributed by atoms with van der Waals surface area (Å²) in [5.74, 6) is 0.920.